The Labute approximate surface area is 347 Å². The fourth-order valence-electron chi connectivity index (χ4n) is 7.11. The van der Waals surface area contributed by atoms with Crippen molar-refractivity contribution >= 4 is 13.8 Å². The first-order valence-electron chi connectivity index (χ1n) is 24.2. The number of ether oxygens (including phenoxy) is 2. The van der Waals surface area contributed by atoms with Crippen LogP contribution in [0.4, 0.5) is 0 Å². The molecule has 0 bridgehead atoms. The minimum Gasteiger partial charge on any atom is -0.457 e. The number of hydrogen-bond donors (Lipinski definition) is 2. The van der Waals surface area contributed by atoms with E-state index in [-0.39, 0.29) is 32.3 Å². The van der Waals surface area contributed by atoms with Crippen LogP contribution in [0, 0.1) is 0 Å². The van der Waals surface area contributed by atoms with E-state index in [2.05, 4.69) is 26.0 Å². The molecule has 0 heterocycles. The van der Waals surface area contributed by atoms with Gasteiger partial charge in [0.25, 0.3) is 0 Å². The lowest BCUT2D eigenvalue weighted by Gasteiger charge is -2.20. The molecule has 334 valence electrons. The first kappa shape index (κ1) is 55.2. The predicted molar refractivity (Wildman–Crippen MR) is 238 cm³/mol. The van der Waals surface area contributed by atoms with Crippen molar-refractivity contribution in [2.24, 2.45) is 5.73 Å². The minimum absolute atomic E-state index is 0.0924. The third-order valence-corrected chi connectivity index (χ3v) is 11.7. The Balaban J connectivity index is 3.94. The second-order valence-corrected chi connectivity index (χ2v) is 17.8. The number of esters is 1. The lowest BCUT2D eigenvalue weighted by atomic mass is 10.0. The van der Waals surface area contributed by atoms with E-state index >= 15 is 0 Å². The summed E-state index contributed by atoms with van der Waals surface area (Å²) < 4.78 is 33.5. The second kappa shape index (κ2) is 45.3. The summed E-state index contributed by atoms with van der Waals surface area (Å²) in [5, 5.41) is 0. The lowest BCUT2D eigenvalue weighted by molar-refractivity contribution is -0.154. The van der Waals surface area contributed by atoms with Crippen LogP contribution in [-0.4, -0.2) is 49.9 Å². The minimum atomic E-state index is -4.27. The van der Waals surface area contributed by atoms with Gasteiger partial charge in [0.05, 0.1) is 19.8 Å². The molecular formula is C47H94NO7P. The third kappa shape index (κ3) is 44.3. The van der Waals surface area contributed by atoms with Crippen LogP contribution in [0.25, 0.3) is 0 Å². The van der Waals surface area contributed by atoms with E-state index in [9.17, 15) is 14.3 Å². The Morgan fingerprint density at radius 1 is 0.518 bits per heavy atom. The van der Waals surface area contributed by atoms with Crippen molar-refractivity contribution < 1.29 is 32.8 Å². The maximum absolute atomic E-state index is 12.6. The molecule has 0 aliphatic heterocycles. The number of unbranched alkanes of at least 4 members (excludes halogenated alkanes) is 32. The molecule has 0 saturated carbocycles. The van der Waals surface area contributed by atoms with Crippen LogP contribution in [0.15, 0.2) is 12.2 Å². The summed E-state index contributed by atoms with van der Waals surface area (Å²) >= 11 is 0. The zero-order valence-corrected chi connectivity index (χ0v) is 38.0. The van der Waals surface area contributed by atoms with Gasteiger partial charge in [-0.15, -0.1) is 0 Å². The van der Waals surface area contributed by atoms with Crippen LogP contribution < -0.4 is 5.73 Å². The number of allylic oxidation sites excluding steroid dienone is 2. The van der Waals surface area contributed by atoms with E-state index in [0.717, 1.165) is 32.1 Å². The Kier molecular flexibility index (Phi) is 44.7. The monoisotopic (exact) mass is 816 g/mol. The number of carbonyl (C=O) groups excluding carboxylic acids is 1. The molecule has 0 aliphatic rings. The van der Waals surface area contributed by atoms with Crippen molar-refractivity contribution in [3.05, 3.63) is 12.2 Å². The quantitative estimate of drug-likeness (QED) is 0.0270. The molecule has 0 aliphatic carbocycles. The first-order valence-corrected chi connectivity index (χ1v) is 25.7. The summed E-state index contributed by atoms with van der Waals surface area (Å²) in [4.78, 5) is 22.5. The van der Waals surface area contributed by atoms with Gasteiger partial charge < -0.3 is 20.1 Å². The summed E-state index contributed by atoms with van der Waals surface area (Å²) in [5.41, 5.74) is 5.38. The number of phosphoric acid groups is 1. The number of phosphoric ester groups is 1. The van der Waals surface area contributed by atoms with Crippen LogP contribution in [-0.2, 0) is 27.9 Å². The van der Waals surface area contributed by atoms with Crippen molar-refractivity contribution in [2.45, 2.75) is 251 Å². The highest BCUT2D eigenvalue weighted by Gasteiger charge is 2.25. The van der Waals surface area contributed by atoms with E-state index in [0.29, 0.717) is 13.0 Å². The summed E-state index contributed by atoms with van der Waals surface area (Å²) in [5.74, 6) is -0.325. The van der Waals surface area contributed by atoms with E-state index in [4.69, 9.17) is 24.3 Å². The van der Waals surface area contributed by atoms with Crippen LogP contribution in [0.2, 0.25) is 0 Å². The molecule has 2 atom stereocenters. The number of rotatable bonds is 47. The first-order chi connectivity index (χ1) is 27.4. The van der Waals surface area contributed by atoms with Gasteiger partial charge in [-0.1, -0.05) is 212 Å². The summed E-state index contributed by atoms with van der Waals surface area (Å²) in [7, 11) is -4.27. The molecule has 0 amide bonds. The van der Waals surface area contributed by atoms with Crippen LogP contribution in [0.3, 0.4) is 0 Å². The van der Waals surface area contributed by atoms with Crippen LogP contribution >= 0.6 is 7.82 Å². The van der Waals surface area contributed by atoms with Gasteiger partial charge in [-0.3, -0.25) is 13.8 Å². The smallest absolute Gasteiger partial charge is 0.457 e. The van der Waals surface area contributed by atoms with Gasteiger partial charge in [0.15, 0.2) is 0 Å². The van der Waals surface area contributed by atoms with E-state index in [1.165, 1.54) is 193 Å². The summed E-state index contributed by atoms with van der Waals surface area (Å²) in [6.45, 7) is 4.97. The zero-order chi connectivity index (χ0) is 40.9. The van der Waals surface area contributed by atoms with Crippen molar-refractivity contribution in [1.82, 2.24) is 0 Å². The Morgan fingerprint density at radius 3 is 1.30 bits per heavy atom. The number of hydrogen-bond acceptors (Lipinski definition) is 7. The van der Waals surface area contributed by atoms with E-state index in [1.54, 1.807) is 0 Å². The van der Waals surface area contributed by atoms with Gasteiger partial charge in [0.1, 0.15) is 6.10 Å². The molecule has 0 aromatic carbocycles. The molecule has 9 heteroatoms. The van der Waals surface area contributed by atoms with Gasteiger partial charge in [0, 0.05) is 19.6 Å². The molecule has 8 nitrogen and oxygen atoms in total. The predicted octanol–water partition coefficient (Wildman–Crippen LogP) is 14.6. The zero-order valence-electron chi connectivity index (χ0n) is 37.1. The highest BCUT2D eigenvalue weighted by Crippen LogP contribution is 2.43. The highest BCUT2D eigenvalue weighted by molar-refractivity contribution is 7.47. The fraction of sp³-hybridized carbons (Fsp3) is 0.936. The Morgan fingerprint density at radius 2 is 0.893 bits per heavy atom. The second-order valence-electron chi connectivity index (χ2n) is 16.3. The molecule has 0 rings (SSSR count). The van der Waals surface area contributed by atoms with E-state index in [1.807, 2.05) is 0 Å². The Hall–Kier alpha value is -0.760. The average Bonchev–Trinajstić information content (AvgIpc) is 3.19. The van der Waals surface area contributed by atoms with Crippen molar-refractivity contribution in [3.63, 3.8) is 0 Å². The summed E-state index contributed by atoms with van der Waals surface area (Å²) in [6.07, 6.45) is 49.5. The molecule has 3 N–H and O–H groups in total. The topological polar surface area (TPSA) is 117 Å². The van der Waals surface area contributed by atoms with Gasteiger partial charge >= 0.3 is 13.8 Å². The number of carbonyl (C=O) groups is 1. The van der Waals surface area contributed by atoms with Crippen molar-refractivity contribution in [3.8, 4) is 0 Å². The summed E-state index contributed by atoms with van der Waals surface area (Å²) in [6, 6.07) is 0. The van der Waals surface area contributed by atoms with Gasteiger partial charge in [-0.2, -0.15) is 0 Å². The molecular weight excluding hydrogens is 721 g/mol. The molecule has 0 aromatic rings. The van der Waals surface area contributed by atoms with Crippen LogP contribution in [0.5, 0.6) is 0 Å². The Bertz CT molecular complexity index is 873. The van der Waals surface area contributed by atoms with Gasteiger partial charge in [-0.05, 0) is 38.5 Å². The molecule has 56 heavy (non-hydrogen) atoms. The SMILES string of the molecule is CCCCCCCC/C=C\CCCCCCCCCCOCC(COP(=O)(O)OCCN)OC(=O)CCCCCCCCCCCCCCCCCCCCC. The standard InChI is InChI=1S/C47H94NO7P/c1-3-5-7-9-11-13-15-17-19-21-23-24-26-28-30-32-34-36-38-40-47(49)55-46(45-54-56(50,51)53-43-41-48)44-52-42-39-37-35-33-31-29-27-25-22-20-18-16-14-12-10-8-6-4-2/h18,20,46H,3-17,19,21-45,48H2,1-2H3,(H,50,51)/b20-18-. The molecule has 0 spiro atoms. The third-order valence-electron chi connectivity index (χ3n) is 10.7. The largest absolute Gasteiger partial charge is 0.472 e. The molecule has 0 saturated heterocycles. The maximum atomic E-state index is 12.6. The van der Waals surface area contributed by atoms with Crippen molar-refractivity contribution in [2.75, 3.05) is 33.0 Å². The normalized spacial score (nSPS) is 13.4. The molecule has 2 unspecified atom stereocenters. The highest BCUT2D eigenvalue weighted by atomic mass is 31.2. The maximum Gasteiger partial charge on any atom is 0.472 e. The fourth-order valence-corrected chi connectivity index (χ4v) is 7.88. The average molecular weight is 816 g/mol. The molecule has 0 aromatic heterocycles. The van der Waals surface area contributed by atoms with Crippen molar-refractivity contribution in [1.29, 1.82) is 0 Å². The molecule has 0 radical (unpaired) electrons. The van der Waals surface area contributed by atoms with Crippen LogP contribution in [0.1, 0.15) is 245 Å². The molecule has 0 fully saturated rings. The van der Waals surface area contributed by atoms with E-state index < -0.39 is 13.9 Å². The van der Waals surface area contributed by atoms with Gasteiger partial charge in [0.2, 0.25) is 0 Å². The van der Waals surface area contributed by atoms with Gasteiger partial charge in [-0.25, -0.2) is 4.57 Å². The number of nitrogens with two attached hydrogens (primary N) is 1. The lowest BCUT2D eigenvalue weighted by Crippen LogP contribution is -2.28.